The summed E-state index contributed by atoms with van der Waals surface area (Å²) >= 11 is 1.64. The Morgan fingerprint density at radius 2 is 1.87 bits per heavy atom. The highest BCUT2D eigenvalue weighted by Crippen LogP contribution is 2.20. The number of benzene rings is 2. The van der Waals surface area contributed by atoms with Crippen molar-refractivity contribution in [2.24, 2.45) is 0 Å². The first-order valence-electron chi connectivity index (χ1n) is 7.25. The van der Waals surface area contributed by atoms with E-state index in [4.69, 9.17) is 0 Å². The molecule has 0 bridgehead atoms. The number of carbonyl (C=O) groups is 1. The lowest BCUT2D eigenvalue weighted by Gasteiger charge is -2.05. The van der Waals surface area contributed by atoms with Gasteiger partial charge in [0.25, 0.3) is 5.91 Å². The Morgan fingerprint density at radius 1 is 1.09 bits per heavy atom. The van der Waals surface area contributed by atoms with E-state index in [0.29, 0.717) is 5.69 Å². The summed E-state index contributed by atoms with van der Waals surface area (Å²) in [5.41, 5.74) is 3.03. The third kappa shape index (κ3) is 3.46. The van der Waals surface area contributed by atoms with Gasteiger partial charge in [-0.2, -0.15) is 5.10 Å². The normalized spacial score (nSPS) is 10.5. The quantitative estimate of drug-likeness (QED) is 0.734. The van der Waals surface area contributed by atoms with Gasteiger partial charge in [-0.25, -0.2) is 4.68 Å². The first-order valence-corrected chi connectivity index (χ1v) is 8.47. The third-order valence-corrected chi connectivity index (χ3v) is 4.17. The summed E-state index contributed by atoms with van der Waals surface area (Å²) in [6, 6.07) is 19.3. The van der Waals surface area contributed by atoms with Crippen LogP contribution in [0.3, 0.4) is 0 Å². The molecule has 1 amide bonds. The van der Waals surface area contributed by atoms with Crippen LogP contribution in [0, 0.1) is 6.92 Å². The van der Waals surface area contributed by atoms with Crippen molar-refractivity contribution in [1.29, 1.82) is 0 Å². The third-order valence-electron chi connectivity index (χ3n) is 3.45. The van der Waals surface area contributed by atoms with Gasteiger partial charge in [0.2, 0.25) is 0 Å². The number of anilines is 1. The van der Waals surface area contributed by atoms with Gasteiger partial charge in [0.1, 0.15) is 0 Å². The number of para-hydroxylation sites is 1. The molecule has 4 nitrogen and oxygen atoms in total. The number of carbonyl (C=O) groups excluding carboxylic acids is 1. The second kappa shape index (κ2) is 6.71. The summed E-state index contributed by atoms with van der Waals surface area (Å²) in [4.78, 5) is 13.5. The van der Waals surface area contributed by atoms with Gasteiger partial charge in [-0.3, -0.25) is 4.79 Å². The van der Waals surface area contributed by atoms with Crippen LogP contribution in [-0.4, -0.2) is 21.9 Å². The minimum Gasteiger partial charge on any atom is -0.321 e. The zero-order chi connectivity index (χ0) is 16.2. The summed E-state index contributed by atoms with van der Waals surface area (Å²) in [5.74, 6) is -0.207. The van der Waals surface area contributed by atoms with E-state index in [1.54, 1.807) is 22.5 Å². The fraction of sp³-hybridized carbons (Fsp3) is 0.111. The molecule has 0 aliphatic heterocycles. The number of aromatic nitrogens is 2. The molecule has 3 aromatic rings. The molecule has 5 heteroatoms. The smallest absolute Gasteiger partial charge is 0.276 e. The van der Waals surface area contributed by atoms with Gasteiger partial charge in [0.15, 0.2) is 5.69 Å². The van der Waals surface area contributed by atoms with Crippen molar-refractivity contribution < 1.29 is 4.79 Å². The van der Waals surface area contributed by atoms with E-state index in [0.717, 1.165) is 22.0 Å². The SMILES string of the molecule is CSc1cccc(NC(=O)c2cc(C)n(-c3ccccc3)n2)c1. The molecule has 23 heavy (non-hydrogen) atoms. The fourth-order valence-corrected chi connectivity index (χ4v) is 2.77. The Balaban J connectivity index is 1.83. The second-order valence-electron chi connectivity index (χ2n) is 5.10. The molecule has 0 radical (unpaired) electrons. The van der Waals surface area contributed by atoms with Crippen LogP contribution >= 0.6 is 11.8 Å². The van der Waals surface area contributed by atoms with Crippen LogP contribution in [0.2, 0.25) is 0 Å². The maximum atomic E-state index is 12.4. The van der Waals surface area contributed by atoms with Crippen molar-refractivity contribution in [3.63, 3.8) is 0 Å². The van der Waals surface area contributed by atoms with Crippen molar-refractivity contribution in [2.45, 2.75) is 11.8 Å². The zero-order valence-corrected chi connectivity index (χ0v) is 13.8. The summed E-state index contributed by atoms with van der Waals surface area (Å²) in [5, 5.41) is 7.31. The highest BCUT2D eigenvalue weighted by molar-refractivity contribution is 7.98. The Morgan fingerprint density at radius 3 is 2.61 bits per heavy atom. The van der Waals surface area contributed by atoms with E-state index < -0.39 is 0 Å². The lowest BCUT2D eigenvalue weighted by Crippen LogP contribution is -2.13. The number of amides is 1. The van der Waals surface area contributed by atoms with Crippen molar-refractivity contribution in [2.75, 3.05) is 11.6 Å². The summed E-state index contributed by atoms with van der Waals surface area (Å²) in [6.45, 7) is 1.94. The zero-order valence-electron chi connectivity index (χ0n) is 13.0. The summed E-state index contributed by atoms with van der Waals surface area (Å²) in [6.07, 6.45) is 2.01. The average molecular weight is 323 g/mol. The highest BCUT2D eigenvalue weighted by Gasteiger charge is 2.13. The topological polar surface area (TPSA) is 46.9 Å². The molecule has 1 N–H and O–H groups in total. The monoisotopic (exact) mass is 323 g/mol. The summed E-state index contributed by atoms with van der Waals surface area (Å²) < 4.78 is 1.77. The van der Waals surface area contributed by atoms with Crippen molar-refractivity contribution >= 4 is 23.4 Å². The lowest BCUT2D eigenvalue weighted by atomic mass is 10.3. The molecular weight excluding hydrogens is 306 g/mol. The van der Waals surface area contributed by atoms with Crippen LogP contribution in [0.15, 0.2) is 65.6 Å². The first kappa shape index (κ1) is 15.4. The fourth-order valence-electron chi connectivity index (χ4n) is 2.31. The van der Waals surface area contributed by atoms with Gasteiger partial charge in [0, 0.05) is 16.3 Å². The molecule has 1 heterocycles. The molecule has 0 saturated heterocycles. The Labute approximate surface area is 139 Å². The molecule has 3 rings (SSSR count). The highest BCUT2D eigenvalue weighted by atomic mass is 32.2. The van der Waals surface area contributed by atoms with E-state index in [-0.39, 0.29) is 5.91 Å². The van der Waals surface area contributed by atoms with Crippen LogP contribution in [0.1, 0.15) is 16.2 Å². The molecular formula is C18H17N3OS. The van der Waals surface area contributed by atoms with E-state index in [1.165, 1.54) is 0 Å². The van der Waals surface area contributed by atoms with Crippen molar-refractivity contribution in [3.05, 3.63) is 72.1 Å². The van der Waals surface area contributed by atoms with Crippen LogP contribution in [-0.2, 0) is 0 Å². The first-order chi connectivity index (χ1) is 11.2. The Hall–Kier alpha value is -2.53. The lowest BCUT2D eigenvalue weighted by molar-refractivity contribution is 0.102. The number of nitrogens with one attached hydrogen (secondary N) is 1. The van der Waals surface area contributed by atoms with Crippen molar-refractivity contribution in [3.8, 4) is 5.69 Å². The van der Waals surface area contributed by atoms with Gasteiger partial charge in [-0.15, -0.1) is 11.8 Å². The molecule has 0 aliphatic carbocycles. The second-order valence-corrected chi connectivity index (χ2v) is 5.98. The van der Waals surface area contributed by atoms with Crippen LogP contribution < -0.4 is 5.32 Å². The van der Waals surface area contributed by atoms with E-state index in [2.05, 4.69) is 10.4 Å². The van der Waals surface area contributed by atoms with E-state index in [9.17, 15) is 4.79 Å². The number of hydrogen-bond donors (Lipinski definition) is 1. The molecule has 0 atom stereocenters. The largest absolute Gasteiger partial charge is 0.321 e. The van der Waals surface area contributed by atoms with Gasteiger partial charge in [0.05, 0.1) is 5.69 Å². The Kier molecular flexibility index (Phi) is 4.48. The maximum Gasteiger partial charge on any atom is 0.276 e. The van der Waals surface area contributed by atoms with Gasteiger partial charge >= 0.3 is 0 Å². The molecule has 0 fully saturated rings. The number of aryl methyl sites for hydroxylation is 1. The van der Waals surface area contributed by atoms with Gasteiger partial charge in [-0.1, -0.05) is 24.3 Å². The minimum atomic E-state index is -0.207. The Bertz CT molecular complexity index is 827. The summed E-state index contributed by atoms with van der Waals surface area (Å²) in [7, 11) is 0. The molecule has 0 unspecified atom stereocenters. The predicted molar refractivity (Wildman–Crippen MR) is 94.5 cm³/mol. The number of hydrogen-bond acceptors (Lipinski definition) is 3. The number of thioether (sulfide) groups is 1. The number of nitrogens with zero attached hydrogens (tertiary/aromatic N) is 2. The molecule has 1 aromatic heterocycles. The van der Waals surface area contributed by atoms with Crippen molar-refractivity contribution in [1.82, 2.24) is 9.78 Å². The van der Waals surface area contributed by atoms with Crippen LogP contribution in [0.25, 0.3) is 5.69 Å². The average Bonchev–Trinajstić information content (AvgIpc) is 2.98. The minimum absolute atomic E-state index is 0.207. The molecule has 116 valence electrons. The molecule has 0 aliphatic rings. The maximum absolute atomic E-state index is 12.4. The van der Waals surface area contributed by atoms with Crippen LogP contribution in [0.5, 0.6) is 0 Å². The van der Waals surface area contributed by atoms with Gasteiger partial charge in [-0.05, 0) is 49.6 Å². The predicted octanol–water partition coefficient (Wildman–Crippen LogP) is 4.15. The van der Waals surface area contributed by atoms with E-state index >= 15 is 0 Å². The van der Waals surface area contributed by atoms with E-state index in [1.807, 2.05) is 67.8 Å². The van der Waals surface area contributed by atoms with Crippen LogP contribution in [0.4, 0.5) is 5.69 Å². The molecule has 0 saturated carbocycles. The van der Waals surface area contributed by atoms with Gasteiger partial charge < -0.3 is 5.32 Å². The number of rotatable bonds is 4. The standard InChI is InChI=1S/C18H17N3OS/c1-13-11-17(20-21(13)15-8-4-3-5-9-15)18(22)19-14-7-6-10-16(12-14)23-2/h3-12H,1-2H3,(H,19,22). The molecule has 0 spiro atoms. The molecule has 2 aromatic carbocycles.